The molecule has 20 heavy (non-hydrogen) atoms. The third-order valence-corrected chi connectivity index (χ3v) is 3.34. The lowest BCUT2D eigenvalue weighted by atomic mass is 9.86. The molecule has 1 N–H and O–H groups in total. The summed E-state index contributed by atoms with van der Waals surface area (Å²) in [7, 11) is 0. The Bertz CT molecular complexity index is 584. The van der Waals surface area contributed by atoms with Gasteiger partial charge in [0.05, 0.1) is 11.8 Å². The van der Waals surface area contributed by atoms with Crippen LogP contribution in [0.1, 0.15) is 12.0 Å². The Morgan fingerprint density at radius 3 is 2.75 bits per heavy atom. The Hall–Kier alpha value is -2.37. The van der Waals surface area contributed by atoms with Crippen LogP contribution in [0.15, 0.2) is 12.3 Å². The van der Waals surface area contributed by atoms with Crippen molar-refractivity contribution in [3.63, 3.8) is 0 Å². The van der Waals surface area contributed by atoms with Gasteiger partial charge < -0.3 is 10.0 Å². The van der Waals surface area contributed by atoms with Gasteiger partial charge in [0, 0.05) is 13.1 Å². The van der Waals surface area contributed by atoms with Crippen LogP contribution >= 0.6 is 0 Å². The van der Waals surface area contributed by atoms with Gasteiger partial charge in [-0.1, -0.05) is 0 Å². The number of anilines is 1. The van der Waals surface area contributed by atoms with E-state index in [9.17, 15) is 18.0 Å². The van der Waals surface area contributed by atoms with Gasteiger partial charge in [0.2, 0.25) is 0 Å². The molecule has 1 aliphatic rings. The highest BCUT2D eigenvalue weighted by Crippen LogP contribution is 2.46. The average Bonchev–Trinajstić information content (AvgIpc) is 2.84. The van der Waals surface area contributed by atoms with Crippen LogP contribution in [0.25, 0.3) is 0 Å². The van der Waals surface area contributed by atoms with Crippen molar-refractivity contribution in [1.82, 2.24) is 10.2 Å². The molecular weight excluding hydrogens is 277 g/mol. The minimum absolute atomic E-state index is 0.0256. The molecule has 1 aromatic rings. The van der Waals surface area contributed by atoms with Crippen LogP contribution in [0.2, 0.25) is 0 Å². The summed E-state index contributed by atoms with van der Waals surface area (Å²) in [5, 5.41) is 25.0. The fourth-order valence-corrected chi connectivity index (χ4v) is 2.16. The van der Waals surface area contributed by atoms with Crippen molar-refractivity contribution in [3.8, 4) is 6.07 Å². The third-order valence-electron chi connectivity index (χ3n) is 3.34. The van der Waals surface area contributed by atoms with Gasteiger partial charge in [-0.05, 0) is 12.5 Å². The van der Waals surface area contributed by atoms with E-state index in [0.29, 0.717) is 0 Å². The maximum Gasteiger partial charge on any atom is 0.406 e. The number of carboxylic acid groups (broad SMARTS) is 1. The molecule has 2 heterocycles. The quantitative estimate of drug-likeness (QED) is 0.878. The highest BCUT2D eigenvalue weighted by atomic mass is 19.4. The fourth-order valence-electron chi connectivity index (χ4n) is 2.16. The second-order valence-electron chi connectivity index (χ2n) is 4.44. The van der Waals surface area contributed by atoms with Crippen LogP contribution < -0.4 is 4.90 Å². The zero-order chi connectivity index (χ0) is 15.0. The van der Waals surface area contributed by atoms with Gasteiger partial charge in [0.15, 0.2) is 11.2 Å². The van der Waals surface area contributed by atoms with Crippen LogP contribution in [0.4, 0.5) is 19.0 Å². The summed E-state index contributed by atoms with van der Waals surface area (Å²) < 4.78 is 39.1. The van der Waals surface area contributed by atoms with Crippen LogP contribution in [0, 0.1) is 16.7 Å². The lowest BCUT2D eigenvalue weighted by molar-refractivity contribution is -0.225. The molecule has 1 aliphatic heterocycles. The van der Waals surface area contributed by atoms with Gasteiger partial charge in [0.25, 0.3) is 0 Å². The monoisotopic (exact) mass is 286 g/mol. The molecule has 0 aromatic carbocycles. The first-order valence-electron chi connectivity index (χ1n) is 5.59. The van der Waals surface area contributed by atoms with Crippen molar-refractivity contribution < 1.29 is 23.1 Å². The number of halogens is 3. The van der Waals surface area contributed by atoms with E-state index < -0.39 is 30.5 Å². The number of carbonyl (C=O) groups is 1. The molecule has 0 saturated carbocycles. The van der Waals surface area contributed by atoms with E-state index in [0.717, 1.165) is 4.90 Å². The predicted molar refractivity (Wildman–Crippen MR) is 59.7 cm³/mol. The van der Waals surface area contributed by atoms with Gasteiger partial charge in [-0.25, -0.2) is 0 Å². The smallest absolute Gasteiger partial charge is 0.406 e. The molecule has 0 aliphatic carbocycles. The van der Waals surface area contributed by atoms with Crippen molar-refractivity contribution in [1.29, 1.82) is 5.26 Å². The Morgan fingerprint density at radius 2 is 2.25 bits per heavy atom. The number of alkyl halides is 3. The molecule has 0 radical (unpaired) electrons. The average molecular weight is 286 g/mol. The third kappa shape index (κ3) is 2.03. The molecular formula is C11H9F3N4O2. The van der Waals surface area contributed by atoms with E-state index in [2.05, 4.69) is 10.2 Å². The van der Waals surface area contributed by atoms with E-state index in [1.54, 1.807) is 6.07 Å². The Balaban J connectivity index is 2.37. The first kappa shape index (κ1) is 14.0. The van der Waals surface area contributed by atoms with Crippen molar-refractivity contribution in [2.24, 2.45) is 5.41 Å². The zero-order valence-corrected chi connectivity index (χ0v) is 10.1. The van der Waals surface area contributed by atoms with Gasteiger partial charge in [-0.2, -0.15) is 23.5 Å². The molecule has 2 rings (SSSR count). The highest BCUT2D eigenvalue weighted by molar-refractivity contribution is 5.78. The number of hydrogen-bond donors (Lipinski definition) is 1. The molecule has 1 atom stereocenters. The summed E-state index contributed by atoms with van der Waals surface area (Å²) >= 11 is 0. The van der Waals surface area contributed by atoms with E-state index in [-0.39, 0.29) is 17.9 Å². The Labute approximate surface area is 111 Å². The Kier molecular flexibility index (Phi) is 3.25. The van der Waals surface area contributed by atoms with E-state index >= 15 is 0 Å². The molecule has 0 spiro atoms. The summed E-state index contributed by atoms with van der Waals surface area (Å²) in [6.07, 6.45) is -4.22. The van der Waals surface area contributed by atoms with Crippen LogP contribution in [-0.2, 0) is 4.79 Å². The standard InChI is InChI=1S/C11H9F3N4O2/c12-11(13,14)10(9(19)20)2-4-18(6-10)8-7(5-15)1-3-16-17-8/h1,3H,2,4,6H2,(H,19,20). The summed E-state index contributed by atoms with van der Waals surface area (Å²) in [6.45, 7) is -0.932. The summed E-state index contributed by atoms with van der Waals surface area (Å²) in [4.78, 5) is 12.2. The van der Waals surface area contributed by atoms with E-state index in [4.69, 9.17) is 10.4 Å². The normalized spacial score (nSPS) is 22.6. The second-order valence-corrected chi connectivity index (χ2v) is 4.44. The fraction of sp³-hybridized carbons (Fsp3) is 0.455. The topological polar surface area (TPSA) is 90.1 Å². The molecule has 106 valence electrons. The SMILES string of the molecule is N#Cc1ccnnc1N1CCC(C(=O)O)(C(F)(F)F)C1. The van der Waals surface area contributed by atoms with Gasteiger partial charge >= 0.3 is 12.1 Å². The minimum Gasteiger partial charge on any atom is -0.481 e. The van der Waals surface area contributed by atoms with Crippen LogP contribution in [0.5, 0.6) is 0 Å². The maximum absolute atomic E-state index is 13.0. The van der Waals surface area contributed by atoms with Crippen molar-refractivity contribution in [2.75, 3.05) is 18.0 Å². The van der Waals surface area contributed by atoms with Crippen molar-refractivity contribution in [2.45, 2.75) is 12.6 Å². The molecule has 6 nitrogen and oxygen atoms in total. The number of nitrogens with zero attached hydrogens (tertiary/aromatic N) is 4. The molecule has 0 bridgehead atoms. The summed E-state index contributed by atoms with van der Waals surface area (Å²) in [5.41, 5.74) is -2.78. The number of rotatable bonds is 2. The largest absolute Gasteiger partial charge is 0.481 e. The number of nitriles is 1. The predicted octanol–water partition coefficient (Wildman–Crippen LogP) is 1.19. The Morgan fingerprint density at radius 1 is 1.55 bits per heavy atom. The molecule has 9 heteroatoms. The van der Waals surface area contributed by atoms with Gasteiger partial charge in [-0.15, -0.1) is 5.10 Å². The lowest BCUT2D eigenvalue weighted by Crippen LogP contribution is -2.47. The molecule has 0 amide bonds. The summed E-state index contributed by atoms with van der Waals surface area (Å²) in [5.74, 6) is -1.95. The van der Waals surface area contributed by atoms with E-state index in [1.807, 2.05) is 0 Å². The lowest BCUT2D eigenvalue weighted by Gasteiger charge is -2.27. The number of aromatic nitrogens is 2. The maximum atomic E-state index is 13.0. The first-order chi connectivity index (χ1) is 9.32. The van der Waals surface area contributed by atoms with Gasteiger partial charge in [-0.3, -0.25) is 4.79 Å². The highest BCUT2D eigenvalue weighted by Gasteiger charge is 2.64. The first-order valence-corrected chi connectivity index (χ1v) is 5.59. The van der Waals surface area contributed by atoms with Crippen LogP contribution in [-0.4, -0.2) is 40.5 Å². The number of hydrogen-bond acceptors (Lipinski definition) is 5. The van der Waals surface area contributed by atoms with E-state index in [1.165, 1.54) is 12.3 Å². The molecule has 1 aromatic heterocycles. The summed E-state index contributed by atoms with van der Waals surface area (Å²) in [6, 6.07) is 3.11. The zero-order valence-electron chi connectivity index (χ0n) is 10.1. The number of aliphatic carboxylic acids is 1. The molecule has 1 saturated heterocycles. The second kappa shape index (κ2) is 4.63. The molecule has 1 fully saturated rings. The van der Waals surface area contributed by atoms with Crippen LogP contribution in [0.3, 0.4) is 0 Å². The molecule has 1 unspecified atom stereocenters. The minimum atomic E-state index is -4.87. The van der Waals surface area contributed by atoms with Gasteiger partial charge in [0.1, 0.15) is 6.07 Å². The van der Waals surface area contributed by atoms with Crippen molar-refractivity contribution >= 4 is 11.8 Å². The number of carboxylic acids is 1. The van der Waals surface area contributed by atoms with Crippen molar-refractivity contribution in [3.05, 3.63) is 17.8 Å².